The van der Waals surface area contributed by atoms with Crippen molar-refractivity contribution in [2.24, 2.45) is 0 Å². The van der Waals surface area contributed by atoms with Crippen molar-refractivity contribution in [2.75, 3.05) is 0 Å². The first kappa shape index (κ1) is 13.3. The molecule has 0 bridgehead atoms. The van der Waals surface area contributed by atoms with E-state index < -0.39 is 34.5 Å². The molecule has 0 N–H and O–H groups in total. The first-order chi connectivity index (χ1) is 7.05. The number of hydrogen-bond acceptors (Lipinski definition) is 0. The van der Waals surface area contributed by atoms with E-state index in [0.29, 0.717) is 0 Å². The van der Waals surface area contributed by atoms with Crippen LogP contribution in [0.5, 0.6) is 0 Å². The fourth-order valence-electron chi connectivity index (χ4n) is 1.09. The van der Waals surface area contributed by atoms with E-state index in [2.05, 4.69) is 15.9 Å². The molecule has 16 heavy (non-hydrogen) atoms. The van der Waals surface area contributed by atoms with Crippen LogP contribution in [0.4, 0.5) is 30.5 Å². The monoisotopic (exact) mass is 309 g/mol. The van der Waals surface area contributed by atoms with Crippen molar-refractivity contribution in [2.45, 2.75) is 6.18 Å². The van der Waals surface area contributed by atoms with Gasteiger partial charge in [-0.2, -0.15) is 13.2 Å². The first-order valence-corrected chi connectivity index (χ1v) is 4.59. The Bertz CT molecular complexity index is 408. The summed E-state index contributed by atoms with van der Waals surface area (Å²) in [7, 11) is 0. The molecule has 0 atom stereocenters. The number of alkyl halides is 3. The fraction of sp³-hybridized carbons (Fsp3) is 0.143. The minimum Gasteiger partial charge on any atom is -0.445 e. The van der Waals surface area contributed by atoms with Crippen LogP contribution in [0, 0.1) is 5.82 Å². The summed E-state index contributed by atoms with van der Waals surface area (Å²) in [5, 5.41) is 0. The molecule has 0 spiro atoms. The van der Waals surface area contributed by atoms with Gasteiger partial charge in [-0.05, 0) is 12.1 Å². The Labute approximate surface area is 93.6 Å². The second-order valence-corrected chi connectivity index (χ2v) is 3.69. The molecule has 0 saturated carbocycles. The number of hydrogen-bond donors (Lipinski definition) is 0. The van der Waals surface area contributed by atoms with Crippen molar-refractivity contribution < 1.29 is 30.5 Å². The van der Waals surface area contributed by atoms with E-state index in [1.807, 2.05) is 0 Å². The molecule has 9 heteroatoms. The quantitative estimate of drug-likeness (QED) is 0.548. The highest BCUT2D eigenvalue weighted by Crippen LogP contribution is 2.35. The molecule has 1 aromatic carbocycles. The average Bonchev–Trinajstić information content (AvgIpc) is 1.97. The molecule has 0 heterocycles. The van der Waals surface area contributed by atoms with Crippen LogP contribution in [-0.2, 0) is 6.18 Å². The number of halogens is 8. The van der Waals surface area contributed by atoms with Gasteiger partial charge >= 0.3 is 13.2 Å². The maximum absolute atomic E-state index is 12.8. The van der Waals surface area contributed by atoms with Crippen molar-refractivity contribution >= 4 is 28.4 Å². The van der Waals surface area contributed by atoms with Gasteiger partial charge in [0.15, 0.2) is 0 Å². The summed E-state index contributed by atoms with van der Waals surface area (Å²) in [6, 6.07) is 0.406. The maximum Gasteiger partial charge on any atom is 0.513 e. The minimum atomic E-state index is -5.85. The largest absolute Gasteiger partial charge is 0.513 e. The smallest absolute Gasteiger partial charge is 0.445 e. The Balaban J connectivity index is 3.52. The second kappa shape index (κ2) is 3.94. The zero-order valence-electron chi connectivity index (χ0n) is 7.26. The Kier molecular flexibility index (Phi) is 3.28. The molecular weight excluding hydrogens is 308 g/mol. The van der Waals surface area contributed by atoms with Crippen LogP contribution in [0.1, 0.15) is 5.56 Å². The number of benzene rings is 1. The molecule has 0 nitrogen and oxygen atoms in total. The highest BCUT2D eigenvalue weighted by molar-refractivity contribution is 9.10. The summed E-state index contributed by atoms with van der Waals surface area (Å²) in [5.74, 6) is -1.73. The second-order valence-electron chi connectivity index (χ2n) is 2.90. The van der Waals surface area contributed by atoms with E-state index in [9.17, 15) is 30.5 Å². The minimum absolute atomic E-state index is 0.151. The van der Waals surface area contributed by atoms with Gasteiger partial charge < -0.3 is 12.9 Å². The summed E-state index contributed by atoms with van der Waals surface area (Å²) in [6.07, 6.45) is -4.97. The molecule has 0 fully saturated rings. The lowest BCUT2D eigenvalue weighted by Crippen LogP contribution is -2.39. The maximum atomic E-state index is 12.8. The topological polar surface area (TPSA) is 0 Å². The van der Waals surface area contributed by atoms with Gasteiger partial charge in [-0.25, -0.2) is 4.39 Å². The van der Waals surface area contributed by atoms with Crippen LogP contribution in [0.3, 0.4) is 0 Å². The zero-order valence-corrected chi connectivity index (χ0v) is 8.84. The van der Waals surface area contributed by atoms with Gasteiger partial charge in [0.1, 0.15) is 0 Å². The van der Waals surface area contributed by atoms with Crippen molar-refractivity contribution in [1.29, 1.82) is 0 Å². The van der Waals surface area contributed by atoms with Crippen LogP contribution in [0.15, 0.2) is 16.6 Å². The summed E-state index contributed by atoms with van der Waals surface area (Å²) in [4.78, 5) is 0. The van der Waals surface area contributed by atoms with Crippen LogP contribution < -0.4 is 5.46 Å². The lowest BCUT2D eigenvalue weighted by molar-refractivity contribution is -0.138. The highest BCUT2D eigenvalue weighted by atomic mass is 79.9. The van der Waals surface area contributed by atoms with Gasteiger partial charge in [0.25, 0.3) is 0 Å². The fourth-order valence-corrected chi connectivity index (χ4v) is 1.89. The molecular formula is C7H2BBrF7-. The molecule has 0 saturated heterocycles. The van der Waals surface area contributed by atoms with E-state index in [-0.39, 0.29) is 12.1 Å². The Morgan fingerprint density at radius 2 is 1.56 bits per heavy atom. The molecule has 0 unspecified atom stereocenters. The standard InChI is InChI=1S/C7H2BBrF7/c9-6-3(7(11,12)13)1-2-4(10)5(6)8(14,15)16/h1-2H/q-1. The Morgan fingerprint density at radius 1 is 1.06 bits per heavy atom. The van der Waals surface area contributed by atoms with Gasteiger partial charge in [0.2, 0.25) is 0 Å². The summed E-state index contributed by atoms with van der Waals surface area (Å²) >= 11 is 2.14. The van der Waals surface area contributed by atoms with E-state index in [0.717, 1.165) is 0 Å². The molecule has 1 rings (SSSR count). The van der Waals surface area contributed by atoms with Crippen molar-refractivity contribution in [1.82, 2.24) is 0 Å². The Hall–Kier alpha value is -0.725. The van der Waals surface area contributed by atoms with Crippen molar-refractivity contribution in [3.63, 3.8) is 0 Å². The third-order valence-corrected chi connectivity index (χ3v) is 2.61. The molecule has 0 aromatic heterocycles. The summed E-state index contributed by atoms with van der Waals surface area (Å²) in [6.45, 7) is -5.85. The Morgan fingerprint density at radius 3 is 1.94 bits per heavy atom. The third-order valence-electron chi connectivity index (χ3n) is 1.76. The molecule has 0 aliphatic carbocycles. The highest BCUT2D eigenvalue weighted by Gasteiger charge is 2.39. The lowest BCUT2D eigenvalue weighted by atomic mass is 9.79. The molecule has 0 aliphatic heterocycles. The summed E-state index contributed by atoms with van der Waals surface area (Å²) < 4.78 is 85.1. The molecule has 90 valence electrons. The SMILES string of the molecule is Fc1ccc(C(F)(F)F)c(Br)c1[B-](F)(F)F. The first-order valence-electron chi connectivity index (χ1n) is 3.80. The van der Waals surface area contributed by atoms with Gasteiger partial charge in [-0.15, -0.1) is 0 Å². The van der Waals surface area contributed by atoms with Gasteiger partial charge in [-0.1, -0.05) is 21.4 Å². The molecule has 0 amide bonds. The van der Waals surface area contributed by atoms with Crippen LogP contribution >= 0.6 is 15.9 Å². The average molecular weight is 310 g/mol. The third kappa shape index (κ3) is 2.50. The lowest BCUT2D eigenvalue weighted by Gasteiger charge is -2.20. The number of rotatable bonds is 1. The predicted molar refractivity (Wildman–Crippen MR) is 47.8 cm³/mol. The molecule has 0 aliphatic rings. The van der Waals surface area contributed by atoms with E-state index in [1.165, 1.54) is 0 Å². The van der Waals surface area contributed by atoms with Gasteiger partial charge in [0, 0.05) is 4.47 Å². The predicted octanol–water partition coefficient (Wildman–Crippen LogP) is 3.66. The van der Waals surface area contributed by atoms with Gasteiger partial charge in [-0.3, -0.25) is 0 Å². The zero-order chi connectivity index (χ0) is 12.7. The van der Waals surface area contributed by atoms with Crippen molar-refractivity contribution in [3.05, 3.63) is 28.0 Å². The molecule has 1 aromatic rings. The van der Waals surface area contributed by atoms with Crippen LogP contribution in [-0.4, -0.2) is 6.98 Å². The van der Waals surface area contributed by atoms with E-state index >= 15 is 0 Å². The summed E-state index contributed by atoms with van der Waals surface area (Å²) in [5.41, 5.74) is -3.45. The molecule has 0 radical (unpaired) electrons. The van der Waals surface area contributed by atoms with Crippen LogP contribution in [0.25, 0.3) is 0 Å². The van der Waals surface area contributed by atoms with Crippen LogP contribution in [0.2, 0.25) is 0 Å². The van der Waals surface area contributed by atoms with Gasteiger partial charge in [0.05, 0.1) is 11.4 Å². The van der Waals surface area contributed by atoms with E-state index in [4.69, 9.17) is 0 Å². The van der Waals surface area contributed by atoms with Crippen molar-refractivity contribution in [3.8, 4) is 0 Å². The van der Waals surface area contributed by atoms with E-state index in [1.54, 1.807) is 0 Å². The normalized spacial score (nSPS) is 13.0.